The fourth-order valence-electron chi connectivity index (χ4n) is 2.80. The average molecular weight is 286 g/mol. The molecule has 1 atom stereocenters. The molecular weight excluding hydrogens is 268 g/mol. The average Bonchev–Trinajstić information content (AvgIpc) is 2.95. The molecule has 2 N–H and O–H groups in total. The van der Waals surface area contributed by atoms with E-state index < -0.39 is 11.9 Å². The Bertz CT molecular complexity index is 653. The molecule has 1 aliphatic rings. The minimum Gasteiger partial charge on any atom is -0.481 e. The lowest BCUT2D eigenvalue weighted by molar-refractivity contribution is -0.139. The van der Waals surface area contributed by atoms with E-state index in [0.717, 1.165) is 29.3 Å². The molecule has 110 valence electrons. The molecule has 0 radical (unpaired) electrons. The van der Waals surface area contributed by atoms with E-state index in [4.69, 9.17) is 0 Å². The molecule has 6 heteroatoms. The first-order valence-electron chi connectivity index (χ1n) is 7.16. The van der Waals surface area contributed by atoms with Crippen LogP contribution in [-0.2, 0) is 17.8 Å². The van der Waals surface area contributed by atoms with Gasteiger partial charge in [-0.1, -0.05) is 25.1 Å². The Balaban J connectivity index is 1.87. The summed E-state index contributed by atoms with van der Waals surface area (Å²) in [4.78, 5) is 18.0. The van der Waals surface area contributed by atoms with Gasteiger partial charge in [0.15, 0.2) is 5.82 Å². The summed E-state index contributed by atoms with van der Waals surface area (Å²) in [7, 11) is 0. The highest BCUT2D eigenvalue weighted by Crippen LogP contribution is 2.35. The first-order valence-corrected chi connectivity index (χ1v) is 7.16. The van der Waals surface area contributed by atoms with Crippen LogP contribution in [0.2, 0.25) is 0 Å². The number of nitrogens with zero attached hydrogens (tertiary/aromatic N) is 3. The van der Waals surface area contributed by atoms with Crippen molar-refractivity contribution < 1.29 is 9.90 Å². The Morgan fingerprint density at radius 3 is 3.00 bits per heavy atom. The number of aliphatic carboxylic acids is 1. The summed E-state index contributed by atoms with van der Waals surface area (Å²) in [6.45, 7) is 3.34. The van der Waals surface area contributed by atoms with Crippen molar-refractivity contribution in [2.75, 3.05) is 11.4 Å². The number of aromatic amines is 1. The number of aromatic nitrogens is 3. The number of benzene rings is 1. The maximum atomic E-state index is 11.4. The maximum absolute atomic E-state index is 11.4. The first-order chi connectivity index (χ1) is 10.2. The van der Waals surface area contributed by atoms with E-state index >= 15 is 0 Å². The van der Waals surface area contributed by atoms with Gasteiger partial charge in [0.2, 0.25) is 0 Å². The molecule has 0 saturated carbocycles. The smallest absolute Gasteiger partial charge is 0.311 e. The molecule has 3 rings (SSSR count). The predicted octanol–water partition coefficient (Wildman–Crippen LogP) is 1.95. The number of para-hydroxylation sites is 1. The summed E-state index contributed by atoms with van der Waals surface area (Å²) in [6, 6.07) is 7.70. The molecule has 0 amide bonds. The number of carbonyl (C=O) groups is 1. The Labute approximate surface area is 122 Å². The van der Waals surface area contributed by atoms with E-state index in [0.29, 0.717) is 19.5 Å². The van der Waals surface area contributed by atoms with E-state index in [2.05, 4.69) is 20.1 Å². The van der Waals surface area contributed by atoms with Crippen LogP contribution in [0.4, 0.5) is 5.69 Å². The molecule has 6 nitrogen and oxygen atoms in total. The number of anilines is 1. The van der Waals surface area contributed by atoms with Gasteiger partial charge in [-0.2, -0.15) is 5.10 Å². The zero-order chi connectivity index (χ0) is 14.8. The molecular formula is C15H18N4O2. The van der Waals surface area contributed by atoms with Gasteiger partial charge in [-0.25, -0.2) is 4.98 Å². The third-order valence-corrected chi connectivity index (χ3v) is 3.87. The second kappa shape index (κ2) is 5.55. The third-order valence-electron chi connectivity index (χ3n) is 3.87. The van der Waals surface area contributed by atoms with Crippen molar-refractivity contribution >= 4 is 11.7 Å². The Morgan fingerprint density at radius 1 is 1.48 bits per heavy atom. The standard InChI is InChI=1S/C15H18N4O2/c1-2-13-16-14(18-17-13)9-19-8-7-11(15(20)21)10-5-3-4-6-12(10)19/h3-6,11H,2,7-9H2,1H3,(H,20,21)(H,16,17,18). The minimum absolute atomic E-state index is 0.418. The number of fused-ring (bicyclic) bond motifs is 1. The zero-order valence-corrected chi connectivity index (χ0v) is 11.9. The van der Waals surface area contributed by atoms with Crippen molar-refractivity contribution in [2.24, 2.45) is 0 Å². The zero-order valence-electron chi connectivity index (χ0n) is 11.9. The fourth-order valence-corrected chi connectivity index (χ4v) is 2.80. The van der Waals surface area contributed by atoms with Crippen LogP contribution in [0.15, 0.2) is 24.3 Å². The monoisotopic (exact) mass is 286 g/mol. The van der Waals surface area contributed by atoms with E-state index in [1.165, 1.54) is 0 Å². The predicted molar refractivity (Wildman–Crippen MR) is 78.2 cm³/mol. The van der Waals surface area contributed by atoms with Crippen LogP contribution in [0, 0.1) is 0 Å². The highest BCUT2D eigenvalue weighted by atomic mass is 16.4. The van der Waals surface area contributed by atoms with Crippen LogP contribution in [-0.4, -0.2) is 32.8 Å². The molecule has 1 aromatic carbocycles. The van der Waals surface area contributed by atoms with Crippen molar-refractivity contribution in [2.45, 2.75) is 32.2 Å². The third kappa shape index (κ3) is 2.61. The van der Waals surface area contributed by atoms with E-state index in [9.17, 15) is 9.90 Å². The van der Waals surface area contributed by atoms with Gasteiger partial charge in [-0.15, -0.1) is 0 Å². The van der Waals surface area contributed by atoms with Crippen LogP contribution in [0.5, 0.6) is 0 Å². The quantitative estimate of drug-likeness (QED) is 0.897. The van der Waals surface area contributed by atoms with Gasteiger partial charge in [-0.3, -0.25) is 9.89 Å². The van der Waals surface area contributed by atoms with Gasteiger partial charge in [0.25, 0.3) is 0 Å². The van der Waals surface area contributed by atoms with Crippen molar-refractivity contribution in [1.29, 1.82) is 0 Å². The lowest BCUT2D eigenvalue weighted by Crippen LogP contribution is -2.33. The van der Waals surface area contributed by atoms with E-state index in [1.54, 1.807) is 0 Å². The van der Waals surface area contributed by atoms with Crippen molar-refractivity contribution in [3.63, 3.8) is 0 Å². The SMILES string of the molecule is CCc1n[nH]c(CN2CCC(C(=O)O)c3ccccc32)n1. The van der Waals surface area contributed by atoms with Gasteiger partial charge in [0, 0.05) is 18.7 Å². The molecule has 2 heterocycles. The summed E-state index contributed by atoms with van der Waals surface area (Å²) in [5, 5.41) is 16.4. The fraction of sp³-hybridized carbons (Fsp3) is 0.400. The molecule has 2 aromatic rings. The lowest BCUT2D eigenvalue weighted by atomic mass is 9.90. The topological polar surface area (TPSA) is 82.1 Å². The first kappa shape index (κ1) is 13.6. The molecule has 21 heavy (non-hydrogen) atoms. The number of H-pyrrole nitrogens is 1. The normalized spacial score (nSPS) is 17.6. The lowest BCUT2D eigenvalue weighted by Gasteiger charge is -2.33. The van der Waals surface area contributed by atoms with Crippen molar-refractivity contribution in [3.05, 3.63) is 41.5 Å². The Morgan fingerprint density at radius 2 is 2.29 bits per heavy atom. The summed E-state index contributed by atoms with van der Waals surface area (Å²) in [5.41, 5.74) is 1.86. The maximum Gasteiger partial charge on any atom is 0.311 e. The molecule has 0 saturated heterocycles. The Kier molecular flexibility index (Phi) is 3.60. The second-order valence-electron chi connectivity index (χ2n) is 5.21. The van der Waals surface area contributed by atoms with Crippen LogP contribution in [0.25, 0.3) is 0 Å². The number of nitrogens with one attached hydrogen (secondary N) is 1. The molecule has 0 spiro atoms. The van der Waals surface area contributed by atoms with Gasteiger partial charge >= 0.3 is 5.97 Å². The van der Waals surface area contributed by atoms with Crippen molar-refractivity contribution in [1.82, 2.24) is 15.2 Å². The molecule has 0 aliphatic carbocycles. The van der Waals surface area contributed by atoms with Gasteiger partial charge < -0.3 is 10.0 Å². The molecule has 0 fully saturated rings. The van der Waals surface area contributed by atoms with E-state index in [-0.39, 0.29) is 0 Å². The van der Waals surface area contributed by atoms with Crippen LogP contribution >= 0.6 is 0 Å². The number of carboxylic acids is 1. The highest BCUT2D eigenvalue weighted by Gasteiger charge is 2.29. The highest BCUT2D eigenvalue weighted by molar-refractivity contribution is 5.80. The molecule has 0 bridgehead atoms. The van der Waals surface area contributed by atoms with Gasteiger partial charge in [0.1, 0.15) is 5.82 Å². The second-order valence-corrected chi connectivity index (χ2v) is 5.21. The number of aryl methyl sites for hydroxylation is 1. The number of carboxylic acid groups (broad SMARTS) is 1. The molecule has 1 unspecified atom stereocenters. The Hall–Kier alpha value is -2.37. The molecule has 1 aliphatic heterocycles. The van der Waals surface area contributed by atoms with Crippen molar-refractivity contribution in [3.8, 4) is 0 Å². The van der Waals surface area contributed by atoms with Crippen LogP contribution < -0.4 is 4.90 Å². The van der Waals surface area contributed by atoms with Crippen LogP contribution in [0.3, 0.4) is 0 Å². The summed E-state index contributed by atoms with van der Waals surface area (Å²) < 4.78 is 0. The molecule has 1 aromatic heterocycles. The number of hydrogen-bond acceptors (Lipinski definition) is 4. The van der Waals surface area contributed by atoms with Crippen LogP contribution in [0.1, 0.15) is 36.5 Å². The van der Waals surface area contributed by atoms with Gasteiger partial charge in [0.05, 0.1) is 12.5 Å². The number of hydrogen-bond donors (Lipinski definition) is 2. The largest absolute Gasteiger partial charge is 0.481 e. The number of rotatable bonds is 4. The minimum atomic E-state index is -0.755. The summed E-state index contributed by atoms with van der Waals surface area (Å²) in [6.07, 6.45) is 1.41. The van der Waals surface area contributed by atoms with Gasteiger partial charge in [-0.05, 0) is 18.1 Å². The van der Waals surface area contributed by atoms with E-state index in [1.807, 2.05) is 31.2 Å². The summed E-state index contributed by atoms with van der Waals surface area (Å²) >= 11 is 0. The summed E-state index contributed by atoms with van der Waals surface area (Å²) in [5.74, 6) is 0.447.